The van der Waals surface area contributed by atoms with Gasteiger partial charge in [0.15, 0.2) is 0 Å². The number of anilines is 1. The van der Waals surface area contributed by atoms with Gasteiger partial charge in [0, 0.05) is 13.1 Å². The third kappa shape index (κ3) is 1.88. The molecule has 5 heteroatoms. The fourth-order valence-electron chi connectivity index (χ4n) is 1.71. The average Bonchev–Trinajstić information content (AvgIpc) is 2.59. The van der Waals surface area contributed by atoms with E-state index in [-0.39, 0.29) is 11.3 Å². The van der Waals surface area contributed by atoms with Crippen molar-refractivity contribution in [1.29, 1.82) is 0 Å². The largest absolute Gasteiger partial charge is 0.384 e. The van der Waals surface area contributed by atoms with Gasteiger partial charge in [-0.25, -0.2) is 8.78 Å². The van der Waals surface area contributed by atoms with Gasteiger partial charge in [-0.1, -0.05) is 13.0 Å². The highest BCUT2D eigenvalue weighted by Crippen LogP contribution is 2.28. The first kappa shape index (κ1) is 11.6. The first-order chi connectivity index (χ1) is 8.04. The lowest BCUT2D eigenvalue weighted by Gasteiger charge is -2.05. The second-order valence-corrected chi connectivity index (χ2v) is 3.83. The number of benzene rings is 1. The summed E-state index contributed by atoms with van der Waals surface area (Å²) < 4.78 is 29.1. The van der Waals surface area contributed by atoms with Gasteiger partial charge in [0.25, 0.3) is 0 Å². The van der Waals surface area contributed by atoms with Gasteiger partial charge in [0.2, 0.25) is 0 Å². The lowest BCUT2D eigenvalue weighted by molar-refractivity contribution is 0.578. The molecule has 0 fully saturated rings. The number of hydrogen-bond acceptors (Lipinski definition) is 2. The molecule has 1 heterocycles. The molecule has 1 aromatic heterocycles. The maximum atomic E-state index is 14.0. The zero-order chi connectivity index (χ0) is 12.6. The molecule has 0 unspecified atom stereocenters. The fraction of sp³-hybridized carbons (Fsp3) is 0.250. The van der Waals surface area contributed by atoms with Crippen molar-refractivity contribution in [2.24, 2.45) is 7.05 Å². The molecule has 17 heavy (non-hydrogen) atoms. The molecule has 0 bridgehead atoms. The van der Waals surface area contributed by atoms with Crippen LogP contribution in [0.3, 0.4) is 0 Å². The number of nitrogens with zero attached hydrogens (tertiary/aromatic N) is 2. The lowest BCUT2D eigenvalue weighted by atomic mass is 10.0. The van der Waals surface area contributed by atoms with Gasteiger partial charge >= 0.3 is 0 Å². The van der Waals surface area contributed by atoms with E-state index < -0.39 is 11.6 Å². The summed E-state index contributed by atoms with van der Waals surface area (Å²) >= 11 is 0. The van der Waals surface area contributed by atoms with Crippen LogP contribution in [0.5, 0.6) is 0 Å². The maximum Gasteiger partial charge on any atom is 0.138 e. The number of nitrogen functional groups attached to an aromatic ring is 1. The van der Waals surface area contributed by atoms with Gasteiger partial charge in [-0.05, 0) is 18.1 Å². The topological polar surface area (TPSA) is 43.8 Å². The van der Waals surface area contributed by atoms with Crippen LogP contribution in [0, 0.1) is 11.6 Å². The zero-order valence-corrected chi connectivity index (χ0v) is 9.67. The molecule has 0 aliphatic carbocycles. The highest BCUT2D eigenvalue weighted by Gasteiger charge is 2.17. The van der Waals surface area contributed by atoms with Gasteiger partial charge in [0.1, 0.15) is 23.1 Å². The minimum atomic E-state index is -0.627. The van der Waals surface area contributed by atoms with Crippen LogP contribution in [0.15, 0.2) is 18.2 Å². The summed E-state index contributed by atoms with van der Waals surface area (Å²) in [7, 11) is 1.62. The lowest BCUT2D eigenvalue weighted by Crippen LogP contribution is -1.98. The summed E-state index contributed by atoms with van der Waals surface area (Å²) in [4.78, 5) is 0. The van der Waals surface area contributed by atoms with E-state index in [1.165, 1.54) is 22.9 Å². The molecule has 0 atom stereocenters. The van der Waals surface area contributed by atoms with Gasteiger partial charge in [-0.3, -0.25) is 4.68 Å². The van der Waals surface area contributed by atoms with Crippen molar-refractivity contribution in [3.05, 3.63) is 35.4 Å². The van der Waals surface area contributed by atoms with Gasteiger partial charge < -0.3 is 5.73 Å². The monoisotopic (exact) mass is 237 g/mol. The van der Waals surface area contributed by atoms with Crippen molar-refractivity contribution in [1.82, 2.24) is 9.78 Å². The number of halogens is 2. The van der Waals surface area contributed by atoms with Gasteiger partial charge in [0.05, 0.1) is 5.56 Å². The SMILES string of the molecule is CCc1ccc(F)c(-c2cc(N)n(C)n2)c1F. The Kier molecular flexibility index (Phi) is 2.83. The van der Waals surface area contributed by atoms with Crippen molar-refractivity contribution < 1.29 is 8.78 Å². The molecular formula is C12H13F2N3. The third-order valence-corrected chi connectivity index (χ3v) is 2.72. The maximum absolute atomic E-state index is 14.0. The fourth-order valence-corrected chi connectivity index (χ4v) is 1.71. The summed E-state index contributed by atoms with van der Waals surface area (Å²) in [5.74, 6) is -0.830. The second-order valence-electron chi connectivity index (χ2n) is 3.83. The molecule has 0 aliphatic rings. The number of rotatable bonds is 2. The zero-order valence-electron chi connectivity index (χ0n) is 9.67. The Bertz CT molecular complexity index is 542. The number of nitrogens with two attached hydrogens (primary N) is 1. The Balaban J connectivity index is 2.65. The van der Waals surface area contributed by atoms with Crippen LogP contribution in [0.2, 0.25) is 0 Å². The Labute approximate surface area is 97.9 Å². The smallest absolute Gasteiger partial charge is 0.138 e. The number of hydrogen-bond donors (Lipinski definition) is 1. The standard InChI is InChI=1S/C12H13F2N3/c1-3-7-4-5-8(13)11(12(7)14)9-6-10(15)17(2)16-9/h4-6H,3,15H2,1-2H3. The molecule has 1 aromatic carbocycles. The van der Waals surface area contributed by atoms with Crippen molar-refractivity contribution in [3.63, 3.8) is 0 Å². The van der Waals surface area contributed by atoms with Crippen molar-refractivity contribution >= 4 is 5.82 Å². The van der Waals surface area contributed by atoms with E-state index in [0.29, 0.717) is 17.8 Å². The first-order valence-corrected chi connectivity index (χ1v) is 5.31. The van der Waals surface area contributed by atoms with Crippen molar-refractivity contribution in [2.45, 2.75) is 13.3 Å². The second kappa shape index (κ2) is 4.16. The summed E-state index contributed by atoms with van der Waals surface area (Å²) in [5, 5.41) is 3.99. The molecule has 2 aromatic rings. The summed E-state index contributed by atoms with van der Waals surface area (Å²) in [5.41, 5.74) is 6.17. The van der Waals surface area contributed by atoms with E-state index in [4.69, 9.17) is 5.73 Å². The Morgan fingerprint density at radius 2 is 2.06 bits per heavy atom. The van der Waals surface area contributed by atoms with E-state index in [9.17, 15) is 8.78 Å². The molecule has 0 aliphatic heterocycles. The molecule has 0 radical (unpaired) electrons. The van der Waals surface area contributed by atoms with Crippen molar-refractivity contribution in [3.8, 4) is 11.3 Å². The molecule has 0 spiro atoms. The van der Waals surface area contributed by atoms with E-state index in [1.807, 2.05) is 6.92 Å². The molecular weight excluding hydrogens is 224 g/mol. The van der Waals surface area contributed by atoms with Crippen LogP contribution in [-0.2, 0) is 13.5 Å². The summed E-state index contributed by atoms with van der Waals surface area (Å²) in [6.45, 7) is 1.81. The highest BCUT2D eigenvalue weighted by molar-refractivity contribution is 5.64. The molecule has 2 N–H and O–H groups in total. The van der Waals surface area contributed by atoms with E-state index in [2.05, 4.69) is 5.10 Å². The highest BCUT2D eigenvalue weighted by atomic mass is 19.1. The van der Waals surface area contributed by atoms with E-state index >= 15 is 0 Å². The number of aromatic nitrogens is 2. The van der Waals surface area contributed by atoms with Crippen molar-refractivity contribution in [2.75, 3.05) is 5.73 Å². The molecule has 0 saturated carbocycles. The average molecular weight is 237 g/mol. The Morgan fingerprint density at radius 1 is 1.35 bits per heavy atom. The van der Waals surface area contributed by atoms with Crippen LogP contribution in [0.1, 0.15) is 12.5 Å². The minimum absolute atomic E-state index is 0.114. The predicted octanol–water partition coefficient (Wildman–Crippen LogP) is 2.51. The molecule has 0 saturated heterocycles. The normalized spacial score (nSPS) is 10.8. The summed E-state index contributed by atoms with van der Waals surface area (Å²) in [6.07, 6.45) is 0.501. The van der Waals surface area contributed by atoms with Crippen LogP contribution < -0.4 is 5.73 Å². The van der Waals surface area contributed by atoms with E-state index in [1.54, 1.807) is 7.05 Å². The molecule has 0 amide bonds. The van der Waals surface area contributed by atoms with E-state index in [0.717, 1.165) is 0 Å². The first-order valence-electron chi connectivity index (χ1n) is 5.31. The summed E-state index contributed by atoms with van der Waals surface area (Å²) in [6, 6.07) is 4.16. The third-order valence-electron chi connectivity index (χ3n) is 2.72. The van der Waals surface area contributed by atoms with Gasteiger partial charge in [-0.2, -0.15) is 5.10 Å². The van der Waals surface area contributed by atoms with Crippen LogP contribution in [0.25, 0.3) is 11.3 Å². The molecule has 90 valence electrons. The molecule has 2 rings (SSSR count). The number of aryl methyl sites for hydroxylation is 2. The predicted molar refractivity (Wildman–Crippen MR) is 62.4 cm³/mol. The Morgan fingerprint density at radius 3 is 2.59 bits per heavy atom. The quantitative estimate of drug-likeness (QED) is 0.872. The van der Waals surface area contributed by atoms with Crippen LogP contribution in [0.4, 0.5) is 14.6 Å². The molecule has 3 nitrogen and oxygen atoms in total. The van der Waals surface area contributed by atoms with Crippen LogP contribution in [-0.4, -0.2) is 9.78 Å². The Hall–Kier alpha value is -1.91. The van der Waals surface area contributed by atoms with Gasteiger partial charge in [-0.15, -0.1) is 0 Å². The minimum Gasteiger partial charge on any atom is -0.384 e. The van der Waals surface area contributed by atoms with Crippen LogP contribution >= 0.6 is 0 Å².